The van der Waals surface area contributed by atoms with E-state index in [1.165, 1.54) is 5.56 Å². The zero-order chi connectivity index (χ0) is 10.8. The molecule has 0 aliphatic carbocycles. The summed E-state index contributed by atoms with van der Waals surface area (Å²) in [5, 5.41) is 15.5. The third kappa shape index (κ3) is 2.03. The van der Waals surface area contributed by atoms with Crippen molar-refractivity contribution in [2.45, 2.75) is 25.3 Å². The Bertz CT molecular complexity index is 423. The van der Waals surface area contributed by atoms with Crippen LogP contribution in [0.25, 0.3) is 0 Å². The van der Waals surface area contributed by atoms with Gasteiger partial charge in [0.05, 0.1) is 11.4 Å². The van der Waals surface area contributed by atoms with Crippen LogP contribution in [0.2, 0.25) is 0 Å². The van der Waals surface area contributed by atoms with Crippen LogP contribution in [0.15, 0.2) is 16.8 Å². The zero-order valence-electron chi connectivity index (χ0n) is 8.46. The minimum absolute atomic E-state index is 0.127. The summed E-state index contributed by atoms with van der Waals surface area (Å²) in [5.74, 6) is 0.704. The number of hydrogen-bond donors (Lipinski definition) is 0. The molecule has 0 aliphatic heterocycles. The van der Waals surface area contributed by atoms with E-state index in [1.807, 2.05) is 12.3 Å². The van der Waals surface area contributed by atoms with Crippen molar-refractivity contribution in [2.24, 2.45) is 0 Å². The maximum absolute atomic E-state index is 5.99. The van der Waals surface area contributed by atoms with E-state index in [0.29, 0.717) is 5.82 Å². The first-order valence-corrected chi connectivity index (χ1v) is 6.02. The molecule has 0 spiro atoms. The fourth-order valence-electron chi connectivity index (χ4n) is 1.39. The van der Waals surface area contributed by atoms with E-state index in [4.69, 9.17) is 11.6 Å². The number of nitrogens with zero attached hydrogens (tertiary/aromatic N) is 4. The largest absolute Gasteiger partial charge is 0.221 e. The van der Waals surface area contributed by atoms with Gasteiger partial charge in [-0.15, -0.1) is 16.7 Å². The molecule has 0 aromatic carbocycles. The summed E-state index contributed by atoms with van der Waals surface area (Å²) in [5.41, 5.74) is 1.20. The van der Waals surface area contributed by atoms with Crippen LogP contribution < -0.4 is 0 Å². The van der Waals surface area contributed by atoms with Gasteiger partial charge < -0.3 is 0 Å². The molecule has 4 nitrogen and oxygen atoms in total. The molecule has 0 fully saturated rings. The quantitative estimate of drug-likeness (QED) is 0.778. The summed E-state index contributed by atoms with van der Waals surface area (Å²) >= 11 is 7.66. The Balaban J connectivity index is 2.33. The SMILES string of the molecule is CC(Cl)c1nnnn1C(C)c1ccsc1. The summed E-state index contributed by atoms with van der Waals surface area (Å²) in [6, 6.07) is 2.20. The molecule has 0 bridgehead atoms. The average Bonchev–Trinajstić information content (AvgIpc) is 2.88. The lowest BCUT2D eigenvalue weighted by Crippen LogP contribution is -2.12. The predicted octanol–water partition coefficient (Wildman–Crippen LogP) is 2.64. The first-order valence-electron chi connectivity index (χ1n) is 4.64. The normalized spacial score (nSPS) is 15.1. The summed E-state index contributed by atoms with van der Waals surface area (Å²) in [6.45, 7) is 3.92. The highest BCUT2D eigenvalue weighted by molar-refractivity contribution is 7.07. The highest BCUT2D eigenvalue weighted by Gasteiger charge is 2.17. The molecule has 0 aliphatic rings. The van der Waals surface area contributed by atoms with Crippen molar-refractivity contribution in [1.82, 2.24) is 20.2 Å². The summed E-state index contributed by atoms with van der Waals surface area (Å²) in [7, 11) is 0. The van der Waals surface area contributed by atoms with Crippen molar-refractivity contribution in [3.63, 3.8) is 0 Å². The van der Waals surface area contributed by atoms with Gasteiger partial charge in [0, 0.05) is 0 Å². The molecule has 0 radical (unpaired) electrons. The number of tetrazole rings is 1. The van der Waals surface area contributed by atoms with Gasteiger partial charge in [-0.3, -0.25) is 0 Å². The third-order valence-corrected chi connectivity index (χ3v) is 3.16. The minimum Gasteiger partial charge on any atom is -0.221 e. The summed E-state index contributed by atoms with van der Waals surface area (Å²) in [6.07, 6.45) is 0. The van der Waals surface area contributed by atoms with Crippen LogP contribution in [-0.2, 0) is 0 Å². The second-order valence-electron chi connectivity index (χ2n) is 3.33. The van der Waals surface area contributed by atoms with Crippen LogP contribution in [-0.4, -0.2) is 20.2 Å². The molecule has 2 rings (SSSR count). The molecule has 2 heterocycles. The first-order chi connectivity index (χ1) is 7.20. The van der Waals surface area contributed by atoms with Crippen LogP contribution >= 0.6 is 22.9 Å². The molecule has 2 aromatic heterocycles. The molecular formula is C9H11ClN4S. The molecule has 2 aromatic rings. The Morgan fingerprint density at radius 1 is 1.47 bits per heavy atom. The van der Waals surface area contributed by atoms with Crippen molar-refractivity contribution in [1.29, 1.82) is 0 Å². The van der Waals surface area contributed by atoms with E-state index in [1.54, 1.807) is 16.0 Å². The highest BCUT2D eigenvalue weighted by atomic mass is 35.5. The lowest BCUT2D eigenvalue weighted by atomic mass is 10.2. The summed E-state index contributed by atoms with van der Waals surface area (Å²) in [4.78, 5) is 0. The van der Waals surface area contributed by atoms with E-state index in [9.17, 15) is 0 Å². The molecule has 0 N–H and O–H groups in total. The number of aromatic nitrogens is 4. The molecule has 2 unspecified atom stereocenters. The summed E-state index contributed by atoms with van der Waals surface area (Å²) < 4.78 is 1.76. The molecule has 0 saturated carbocycles. The van der Waals surface area contributed by atoms with Crippen molar-refractivity contribution < 1.29 is 0 Å². The van der Waals surface area contributed by atoms with E-state index in [0.717, 1.165) is 0 Å². The van der Waals surface area contributed by atoms with Gasteiger partial charge in [-0.1, -0.05) is 0 Å². The van der Waals surface area contributed by atoms with Crippen molar-refractivity contribution in [3.8, 4) is 0 Å². The molecule has 2 atom stereocenters. The van der Waals surface area contributed by atoms with Crippen molar-refractivity contribution >= 4 is 22.9 Å². The molecular weight excluding hydrogens is 232 g/mol. The maximum atomic E-state index is 5.99. The van der Waals surface area contributed by atoms with Gasteiger partial charge in [0.1, 0.15) is 0 Å². The fourth-order valence-corrected chi connectivity index (χ4v) is 2.28. The van der Waals surface area contributed by atoms with Crippen LogP contribution in [0, 0.1) is 0 Å². The van der Waals surface area contributed by atoms with Crippen LogP contribution in [0.5, 0.6) is 0 Å². The topological polar surface area (TPSA) is 43.6 Å². The molecule has 6 heteroatoms. The van der Waals surface area contributed by atoms with Crippen LogP contribution in [0.3, 0.4) is 0 Å². The number of halogens is 1. The van der Waals surface area contributed by atoms with Gasteiger partial charge in [-0.2, -0.15) is 11.3 Å². The first kappa shape index (κ1) is 10.6. The fraction of sp³-hybridized carbons (Fsp3) is 0.444. The van der Waals surface area contributed by atoms with Gasteiger partial charge in [-0.05, 0) is 46.7 Å². The van der Waals surface area contributed by atoms with Gasteiger partial charge in [0.15, 0.2) is 5.82 Å². The Kier molecular flexibility index (Phi) is 3.02. The van der Waals surface area contributed by atoms with Gasteiger partial charge in [0.2, 0.25) is 0 Å². The molecule has 80 valence electrons. The predicted molar refractivity (Wildman–Crippen MR) is 60.2 cm³/mol. The Labute approximate surface area is 96.9 Å². The van der Waals surface area contributed by atoms with E-state index in [2.05, 4.69) is 33.9 Å². The molecule has 0 saturated heterocycles. The van der Waals surface area contributed by atoms with Crippen molar-refractivity contribution in [3.05, 3.63) is 28.2 Å². The number of alkyl halides is 1. The van der Waals surface area contributed by atoms with Gasteiger partial charge in [0.25, 0.3) is 0 Å². The highest BCUT2D eigenvalue weighted by Crippen LogP contribution is 2.24. The Hall–Kier alpha value is -0.940. The third-order valence-electron chi connectivity index (χ3n) is 2.27. The second-order valence-corrected chi connectivity index (χ2v) is 4.76. The Morgan fingerprint density at radius 2 is 2.27 bits per heavy atom. The maximum Gasteiger partial charge on any atom is 0.169 e. The smallest absolute Gasteiger partial charge is 0.169 e. The minimum atomic E-state index is -0.180. The van der Waals surface area contributed by atoms with Crippen LogP contribution in [0.1, 0.15) is 36.7 Å². The lowest BCUT2D eigenvalue weighted by Gasteiger charge is -2.12. The number of rotatable bonds is 3. The lowest BCUT2D eigenvalue weighted by molar-refractivity contribution is 0.522. The monoisotopic (exact) mass is 242 g/mol. The van der Waals surface area contributed by atoms with Crippen LogP contribution in [0.4, 0.5) is 0 Å². The number of hydrogen-bond acceptors (Lipinski definition) is 4. The molecule has 15 heavy (non-hydrogen) atoms. The standard InChI is InChI=1S/C9H11ClN4S/c1-6(10)9-11-12-13-14(9)7(2)8-3-4-15-5-8/h3-7H,1-2H3. The van der Waals surface area contributed by atoms with Gasteiger partial charge in [-0.25, -0.2) is 4.68 Å². The van der Waals surface area contributed by atoms with E-state index in [-0.39, 0.29) is 11.4 Å². The van der Waals surface area contributed by atoms with E-state index >= 15 is 0 Å². The number of thiophene rings is 1. The molecule has 0 amide bonds. The second kappa shape index (κ2) is 4.28. The Morgan fingerprint density at radius 3 is 2.87 bits per heavy atom. The van der Waals surface area contributed by atoms with E-state index < -0.39 is 0 Å². The average molecular weight is 243 g/mol. The zero-order valence-corrected chi connectivity index (χ0v) is 10.0. The van der Waals surface area contributed by atoms with Crippen molar-refractivity contribution in [2.75, 3.05) is 0 Å². The van der Waals surface area contributed by atoms with Gasteiger partial charge >= 0.3 is 0 Å².